The van der Waals surface area contributed by atoms with Crippen molar-refractivity contribution in [2.45, 2.75) is 32.7 Å². The van der Waals surface area contributed by atoms with E-state index in [1.165, 1.54) is 0 Å². The maximum atomic E-state index is 13.2. The minimum Gasteiger partial charge on any atom is -0.454 e. The van der Waals surface area contributed by atoms with Crippen molar-refractivity contribution in [2.24, 2.45) is 5.92 Å². The molecular formula is C28H30BrN5O3. The fourth-order valence-electron chi connectivity index (χ4n) is 4.65. The number of nitrogens with one attached hydrogen (secondary N) is 1. The minimum atomic E-state index is 0.113. The number of ether oxygens (including phenoxy) is 2. The molecule has 2 aliphatic rings. The predicted molar refractivity (Wildman–Crippen MR) is 145 cm³/mol. The zero-order valence-electron chi connectivity index (χ0n) is 20.8. The van der Waals surface area contributed by atoms with Gasteiger partial charge in [-0.2, -0.15) is 5.10 Å². The zero-order valence-corrected chi connectivity index (χ0v) is 22.4. The van der Waals surface area contributed by atoms with Crippen molar-refractivity contribution in [3.63, 3.8) is 0 Å². The SMILES string of the molecule is C=C(/C=C(/NCc1cccnc1)n1ncc(Br)c1C)C1CCCN(C(=O)Cc2ccc3c(c2)OCO3)C1. The summed E-state index contributed by atoms with van der Waals surface area (Å²) in [5, 5.41) is 8.04. The van der Waals surface area contributed by atoms with E-state index in [9.17, 15) is 4.79 Å². The Hall–Kier alpha value is -3.59. The predicted octanol–water partition coefficient (Wildman–Crippen LogP) is 4.70. The number of allylic oxidation sites excluding steroid dienone is 1. The lowest BCUT2D eigenvalue weighted by molar-refractivity contribution is -0.131. The molecule has 2 aliphatic heterocycles. The highest BCUT2D eigenvalue weighted by Gasteiger charge is 2.26. The van der Waals surface area contributed by atoms with Crippen molar-refractivity contribution < 1.29 is 14.3 Å². The second kappa shape index (κ2) is 11.2. The van der Waals surface area contributed by atoms with Gasteiger partial charge in [0.25, 0.3) is 0 Å². The second-order valence-electron chi connectivity index (χ2n) is 9.35. The van der Waals surface area contributed by atoms with Crippen LogP contribution in [0.3, 0.4) is 0 Å². The molecule has 0 spiro atoms. The molecule has 0 saturated carbocycles. The molecule has 1 aromatic carbocycles. The lowest BCUT2D eigenvalue weighted by Crippen LogP contribution is -2.41. The monoisotopic (exact) mass is 563 g/mol. The number of amides is 1. The summed E-state index contributed by atoms with van der Waals surface area (Å²) in [5.41, 5.74) is 3.96. The number of rotatable bonds is 8. The molecule has 9 heteroatoms. The number of benzene rings is 1. The van der Waals surface area contributed by atoms with Crippen LogP contribution in [0.1, 0.15) is 29.7 Å². The van der Waals surface area contributed by atoms with Gasteiger partial charge in [0.2, 0.25) is 12.7 Å². The van der Waals surface area contributed by atoms with E-state index in [0.717, 1.165) is 57.8 Å². The van der Waals surface area contributed by atoms with Crippen molar-refractivity contribution >= 4 is 27.7 Å². The molecule has 2 aromatic heterocycles. The van der Waals surface area contributed by atoms with Crippen molar-refractivity contribution in [1.82, 2.24) is 25.0 Å². The van der Waals surface area contributed by atoms with Crippen LogP contribution < -0.4 is 14.8 Å². The van der Waals surface area contributed by atoms with Gasteiger partial charge in [-0.05, 0) is 76.7 Å². The van der Waals surface area contributed by atoms with E-state index in [4.69, 9.17) is 9.47 Å². The number of likely N-dealkylation sites (tertiary alicyclic amines) is 1. The molecule has 37 heavy (non-hydrogen) atoms. The molecule has 0 bridgehead atoms. The van der Waals surface area contributed by atoms with E-state index in [1.54, 1.807) is 12.4 Å². The first-order valence-corrected chi connectivity index (χ1v) is 13.2. The first kappa shape index (κ1) is 25.1. The number of halogens is 1. The molecule has 3 aromatic rings. The Balaban J connectivity index is 1.28. The molecular weight excluding hydrogens is 534 g/mol. The lowest BCUT2D eigenvalue weighted by Gasteiger charge is -2.33. The summed E-state index contributed by atoms with van der Waals surface area (Å²) in [4.78, 5) is 19.3. The second-order valence-corrected chi connectivity index (χ2v) is 10.2. The highest BCUT2D eigenvalue weighted by Crippen LogP contribution is 2.33. The van der Waals surface area contributed by atoms with Gasteiger partial charge in [-0.1, -0.05) is 18.7 Å². The first-order valence-electron chi connectivity index (χ1n) is 12.4. The Morgan fingerprint density at radius 3 is 2.89 bits per heavy atom. The van der Waals surface area contributed by atoms with Gasteiger partial charge in [-0.15, -0.1) is 0 Å². The van der Waals surface area contributed by atoms with Crippen molar-refractivity contribution in [3.8, 4) is 11.5 Å². The van der Waals surface area contributed by atoms with Gasteiger partial charge >= 0.3 is 0 Å². The normalized spacial score (nSPS) is 17.1. The highest BCUT2D eigenvalue weighted by molar-refractivity contribution is 9.10. The van der Waals surface area contributed by atoms with Crippen molar-refractivity contribution in [1.29, 1.82) is 0 Å². The average molecular weight is 564 g/mol. The maximum Gasteiger partial charge on any atom is 0.231 e. The molecule has 8 nitrogen and oxygen atoms in total. The summed E-state index contributed by atoms with van der Waals surface area (Å²) in [7, 11) is 0. The number of carbonyl (C=O) groups is 1. The number of nitrogens with zero attached hydrogens (tertiary/aromatic N) is 4. The molecule has 4 heterocycles. The van der Waals surface area contributed by atoms with Gasteiger partial charge in [0.15, 0.2) is 11.5 Å². The number of hydrogen-bond donors (Lipinski definition) is 1. The van der Waals surface area contributed by atoms with Gasteiger partial charge in [0, 0.05) is 37.9 Å². The summed E-state index contributed by atoms with van der Waals surface area (Å²) in [6, 6.07) is 9.65. The Morgan fingerprint density at radius 1 is 1.24 bits per heavy atom. The van der Waals surface area contributed by atoms with Crippen LogP contribution >= 0.6 is 15.9 Å². The number of fused-ring (bicyclic) bond motifs is 1. The molecule has 5 rings (SSSR count). The third kappa shape index (κ3) is 5.88. The summed E-state index contributed by atoms with van der Waals surface area (Å²) in [5.74, 6) is 2.55. The first-order chi connectivity index (χ1) is 18.0. The standard InChI is InChI=1S/C28H30BrN5O3/c1-19(11-27(34-20(2)24(29)16-32-34)31-15-22-5-3-9-30-14-22)23-6-4-10-33(17-23)28(35)13-21-7-8-25-26(12-21)37-18-36-25/h3,5,7-9,11-12,14,16,23,31H,1,4,6,10,13,15,17-18H2,2H3/b27-11-. The number of carbonyl (C=O) groups excluding carboxylic acids is 1. The fourth-order valence-corrected chi connectivity index (χ4v) is 4.91. The van der Waals surface area contributed by atoms with E-state index < -0.39 is 0 Å². The fraction of sp³-hybridized carbons (Fsp3) is 0.321. The molecule has 192 valence electrons. The number of hydrogen-bond acceptors (Lipinski definition) is 6. The molecule has 1 N–H and O–H groups in total. The summed E-state index contributed by atoms with van der Waals surface area (Å²) < 4.78 is 13.6. The third-order valence-corrected chi connectivity index (χ3v) is 7.57. The minimum absolute atomic E-state index is 0.113. The molecule has 1 fully saturated rings. The quantitative estimate of drug-likeness (QED) is 0.400. The van der Waals surface area contributed by atoms with E-state index >= 15 is 0 Å². The van der Waals surface area contributed by atoms with Gasteiger partial charge < -0.3 is 19.7 Å². The Bertz CT molecular complexity index is 1320. The molecule has 1 amide bonds. The van der Waals surface area contributed by atoms with E-state index in [-0.39, 0.29) is 18.6 Å². The highest BCUT2D eigenvalue weighted by atomic mass is 79.9. The van der Waals surface area contributed by atoms with Gasteiger partial charge in [-0.25, -0.2) is 4.68 Å². The van der Waals surface area contributed by atoms with Crippen LogP contribution in [0.5, 0.6) is 11.5 Å². The lowest BCUT2D eigenvalue weighted by atomic mass is 9.90. The summed E-state index contributed by atoms with van der Waals surface area (Å²) in [6.07, 6.45) is 9.71. The third-order valence-electron chi connectivity index (χ3n) is 6.79. The maximum absolute atomic E-state index is 13.2. The molecule has 0 radical (unpaired) electrons. The average Bonchev–Trinajstić information content (AvgIpc) is 3.53. The number of piperidine rings is 1. The molecule has 1 atom stereocenters. The van der Waals surface area contributed by atoms with Crippen molar-refractivity contribution in [2.75, 3.05) is 19.9 Å². The largest absolute Gasteiger partial charge is 0.454 e. The zero-order chi connectivity index (χ0) is 25.8. The Labute approximate surface area is 225 Å². The van der Waals surface area contributed by atoms with Crippen LogP contribution in [-0.2, 0) is 17.8 Å². The van der Waals surface area contributed by atoms with E-state index in [0.29, 0.717) is 25.3 Å². The summed E-state index contributed by atoms with van der Waals surface area (Å²) in [6.45, 7) is 8.65. The summed E-state index contributed by atoms with van der Waals surface area (Å²) >= 11 is 3.56. The van der Waals surface area contributed by atoms with E-state index in [1.807, 2.05) is 53.0 Å². The number of aromatic nitrogens is 3. The van der Waals surface area contributed by atoms with Crippen LogP contribution in [-0.4, -0.2) is 45.5 Å². The van der Waals surface area contributed by atoms with Gasteiger partial charge in [-0.3, -0.25) is 9.78 Å². The molecule has 0 aliphatic carbocycles. The van der Waals surface area contributed by atoms with Crippen LogP contribution in [0, 0.1) is 12.8 Å². The van der Waals surface area contributed by atoms with Crippen LogP contribution in [0.2, 0.25) is 0 Å². The number of pyridine rings is 1. The van der Waals surface area contributed by atoms with Crippen LogP contribution in [0.15, 0.2) is 71.6 Å². The van der Waals surface area contributed by atoms with E-state index in [2.05, 4.69) is 44.0 Å². The molecule has 1 unspecified atom stereocenters. The van der Waals surface area contributed by atoms with Crippen LogP contribution in [0.4, 0.5) is 0 Å². The van der Waals surface area contributed by atoms with Gasteiger partial charge in [0.05, 0.1) is 22.8 Å². The smallest absolute Gasteiger partial charge is 0.231 e. The van der Waals surface area contributed by atoms with Crippen molar-refractivity contribution in [3.05, 3.63) is 88.4 Å². The topological polar surface area (TPSA) is 81.5 Å². The van der Waals surface area contributed by atoms with Gasteiger partial charge in [0.1, 0.15) is 5.82 Å². The molecule has 1 saturated heterocycles. The van der Waals surface area contributed by atoms with Crippen LogP contribution in [0.25, 0.3) is 5.82 Å². The Morgan fingerprint density at radius 2 is 2.11 bits per heavy atom. The Kier molecular flexibility index (Phi) is 7.60.